The van der Waals surface area contributed by atoms with Crippen molar-refractivity contribution >= 4 is 17.8 Å². The van der Waals surface area contributed by atoms with Crippen molar-refractivity contribution in [3.63, 3.8) is 0 Å². The van der Waals surface area contributed by atoms with E-state index in [9.17, 15) is 19.5 Å². The SMILES string of the molecule is C[C@@H](OC(C)(C)C)[C@H](NC(=O)[C@@H](N)COC(C)(C)C)C(=O)N[C@@H](Cc1ccccc1)C(=O)O. The zero-order chi connectivity index (χ0) is 25.4. The number of carboxylic acids is 1. The van der Waals surface area contributed by atoms with Crippen LogP contribution in [0.4, 0.5) is 0 Å². The average molecular weight is 466 g/mol. The fourth-order valence-corrected chi connectivity index (χ4v) is 3.01. The molecule has 0 saturated carbocycles. The van der Waals surface area contributed by atoms with Crippen LogP contribution in [0.15, 0.2) is 30.3 Å². The summed E-state index contributed by atoms with van der Waals surface area (Å²) < 4.78 is 11.4. The van der Waals surface area contributed by atoms with Crippen LogP contribution in [0.5, 0.6) is 0 Å². The Morgan fingerprint density at radius 3 is 2.03 bits per heavy atom. The number of amides is 2. The zero-order valence-electron chi connectivity index (χ0n) is 20.7. The van der Waals surface area contributed by atoms with E-state index in [1.165, 1.54) is 0 Å². The van der Waals surface area contributed by atoms with Crippen LogP contribution in [0.1, 0.15) is 54.0 Å². The van der Waals surface area contributed by atoms with Crippen molar-refractivity contribution in [2.45, 2.75) is 90.3 Å². The van der Waals surface area contributed by atoms with Crippen LogP contribution in [0.25, 0.3) is 0 Å². The maximum atomic E-state index is 13.1. The van der Waals surface area contributed by atoms with Gasteiger partial charge in [0.25, 0.3) is 0 Å². The molecule has 9 heteroatoms. The molecule has 0 unspecified atom stereocenters. The highest BCUT2D eigenvalue weighted by Crippen LogP contribution is 2.14. The minimum Gasteiger partial charge on any atom is -0.480 e. The monoisotopic (exact) mass is 465 g/mol. The summed E-state index contributed by atoms with van der Waals surface area (Å²) in [6.07, 6.45) is -0.661. The quantitative estimate of drug-likeness (QED) is 0.389. The molecular weight excluding hydrogens is 426 g/mol. The van der Waals surface area contributed by atoms with E-state index in [0.29, 0.717) is 0 Å². The Morgan fingerprint density at radius 1 is 0.970 bits per heavy atom. The molecule has 1 aromatic rings. The van der Waals surface area contributed by atoms with Crippen LogP contribution in [0.3, 0.4) is 0 Å². The van der Waals surface area contributed by atoms with Gasteiger partial charge in [0.1, 0.15) is 18.1 Å². The lowest BCUT2D eigenvalue weighted by atomic mass is 10.0. The van der Waals surface area contributed by atoms with Crippen LogP contribution in [0.2, 0.25) is 0 Å². The summed E-state index contributed by atoms with van der Waals surface area (Å²) >= 11 is 0. The lowest BCUT2D eigenvalue weighted by molar-refractivity contribution is -0.145. The van der Waals surface area contributed by atoms with Gasteiger partial charge in [-0.05, 0) is 54.0 Å². The number of hydrogen-bond donors (Lipinski definition) is 4. The Hall–Kier alpha value is -2.49. The number of nitrogens with one attached hydrogen (secondary N) is 2. The summed E-state index contributed by atoms with van der Waals surface area (Å²) in [5.41, 5.74) is 5.62. The van der Waals surface area contributed by atoms with E-state index in [1.54, 1.807) is 31.2 Å². The molecule has 9 nitrogen and oxygen atoms in total. The molecule has 33 heavy (non-hydrogen) atoms. The summed E-state index contributed by atoms with van der Waals surface area (Å²) in [4.78, 5) is 37.6. The Bertz CT molecular complexity index is 786. The second-order valence-electron chi connectivity index (χ2n) is 10.0. The van der Waals surface area contributed by atoms with Gasteiger partial charge in [-0.15, -0.1) is 0 Å². The van der Waals surface area contributed by atoms with Crippen molar-refractivity contribution < 1.29 is 29.0 Å². The first-order chi connectivity index (χ1) is 15.1. The van der Waals surface area contributed by atoms with Crippen molar-refractivity contribution in [1.29, 1.82) is 0 Å². The number of hydrogen-bond acceptors (Lipinski definition) is 6. The number of rotatable bonds is 11. The second kappa shape index (κ2) is 12.1. The highest BCUT2D eigenvalue weighted by Gasteiger charge is 2.34. The number of carbonyl (C=O) groups is 3. The third-order valence-corrected chi connectivity index (χ3v) is 4.52. The lowest BCUT2D eigenvalue weighted by Crippen LogP contribution is -2.60. The summed E-state index contributed by atoms with van der Waals surface area (Å²) in [7, 11) is 0. The second-order valence-corrected chi connectivity index (χ2v) is 10.0. The van der Waals surface area contributed by atoms with E-state index >= 15 is 0 Å². The van der Waals surface area contributed by atoms with E-state index in [0.717, 1.165) is 5.56 Å². The topological polar surface area (TPSA) is 140 Å². The van der Waals surface area contributed by atoms with Crippen LogP contribution in [-0.2, 0) is 30.3 Å². The van der Waals surface area contributed by atoms with Gasteiger partial charge < -0.3 is 30.9 Å². The predicted octanol–water partition coefficient (Wildman–Crippen LogP) is 1.63. The number of ether oxygens (including phenoxy) is 2. The molecule has 2 amide bonds. The van der Waals surface area contributed by atoms with Gasteiger partial charge >= 0.3 is 5.97 Å². The van der Waals surface area contributed by atoms with Crippen LogP contribution in [-0.4, -0.2) is 64.9 Å². The summed E-state index contributed by atoms with van der Waals surface area (Å²) in [5, 5.41) is 14.8. The number of carboxylic acid groups (broad SMARTS) is 1. The van der Waals surface area contributed by atoms with Crippen molar-refractivity contribution in [2.75, 3.05) is 6.61 Å². The molecule has 0 fully saturated rings. The largest absolute Gasteiger partial charge is 0.480 e. The van der Waals surface area contributed by atoms with Crippen molar-refractivity contribution in [1.82, 2.24) is 10.6 Å². The fourth-order valence-electron chi connectivity index (χ4n) is 3.01. The highest BCUT2D eigenvalue weighted by atomic mass is 16.5. The molecule has 0 spiro atoms. The van der Waals surface area contributed by atoms with Gasteiger partial charge in [0.15, 0.2) is 0 Å². The van der Waals surface area contributed by atoms with Crippen LogP contribution < -0.4 is 16.4 Å². The molecular formula is C24H39N3O6. The molecule has 0 aliphatic carbocycles. The van der Waals surface area contributed by atoms with Gasteiger partial charge in [-0.3, -0.25) is 9.59 Å². The standard InChI is InChI=1S/C24H39N3O6/c1-15(33-24(5,6)7)19(27-20(28)17(25)14-32-23(2,3)4)21(29)26-18(22(30)31)13-16-11-9-8-10-12-16/h8-12,15,17-19H,13-14,25H2,1-7H3,(H,26,29)(H,27,28)(H,30,31)/t15-,17+,18+,19+/m1/s1. The minimum absolute atomic E-state index is 0.0378. The minimum atomic E-state index is -1.18. The molecule has 5 N–H and O–H groups in total. The van der Waals surface area contributed by atoms with Crippen molar-refractivity contribution in [3.05, 3.63) is 35.9 Å². The van der Waals surface area contributed by atoms with E-state index in [4.69, 9.17) is 15.2 Å². The molecule has 0 heterocycles. The van der Waals surface area contributed by atoms with Gasteiger partial charge in [-0.1, -0.05) is 30.3 Å². The number of nitrogens with two attached hydrogens (primary N) is 1. The highest BCUT2D eigenvalue weighted by molar-refractivity contribution is 5.92. The molecule has 4 atom stereocenters. The number of aliphatic carboxylic acids is 1. The molecule has 0 bridgehead atoms. The van der Waals surface area contributed by atoms with E-state index in [-0.39, 0.29) is 13.0 Å². The van der Waals surface area contributed by atoms with E-state index < -0.39 is 53.2 Å². The Morgan fingerprint density at radius 2 is 1.55 bits per heavy atom. The molecule has 1 aromatic carbocycles. The summed E-state index contributed by atoms with van der Waals surface area (Å²) in [5.74, 6) is -2.46. The van der Waals surface area contributed by atoms with Crippen molar-refractivity contribution in [2.24, 2.45) is 5.73 Å². The third-order valence-electron chi connectivity index (χ3n) is 4.52. The Kier molecular flexibility index (Phi) is 10.5. The molecule has 0 saturated heterocycles. The molecule has 186 valence electrons. The normalized spacial score (nSPS) is 15.8. The molecule has 0 aliphatic heterocycles. The maximum Gasteiger partial charge on any atom is 0.326 e. The first-order valence-corrected chi connectivity index (χ1v) is 11.0. The Balaban J connectivity index is 3.00. The van der Waals surface area contributed by atoms with E-state index in [1.807, 2.05) is 47.6 Å². The van der Waals surface area contributed by atoms with Gasteiger partial charge in [-0.2, -0.15) is 0 Å². The first-order valence-electron chi connectivity index (χ1n) is 11.0. The first kappa shape index (κ1) is 28.5. The maximum absolute atomic E-state index is 13.1. The van der Waals surface area contributed by atoms with E-state index in [2.05, 4.69) is 10.6 Å². The van der Waals surface area contributed by atoms with Crippen LogP contribution >= 0.6 is 0 Å². The molecule has 0 aromatic heterocycles. The number of benzene rings is 1. The molecule has 0 aliphatic rings. The Labute approximate surface area is 196 Å². The van der Waals surface area contributed by atoms with Gasteiger partial charge in [0.05, 0.1) is 23.9 Å². The average Bonchev–Trinajstić information content (AvgIpc) is 2.68. The molecule has 1 rings (SSSR count). The predicted molar refractivity (Wildman–Crippen MR) is 126 cm³/mol. The van der Waals surface area contributed by atoms with Gasteiger partial charge in [-0.25, -0.2) is 4.79 Å². The van der Waals surface area contributed by atoms with Crippen molar-refractivity contribution in [3.8, 4) is 0 Å². The summed E-state index contributed by atoms with van der Waals surface area (Å²) in [6.45, 7) is 12.6. The van der Waals surface area contributed by atoms with Crippen LogP contribution in [0, 0.1) is 0 Å². The molecule has 0 radical (unpaired) electrons. The zero-order valence-corrected chi connectivity index (χ0v) is 20.7. The van der Waals surface area contributed by atoms with Gasteiger partial charge in [0, 0.05) is 6.42 Å². The smallest absolute Gasteiger partial charge is 0.326 e. The summed E-state index contributed by atoms with van der Waals surface area (Å²) in [6, 6.07) is 5.61. The fraction of sp³-hybridized carbons (Fsp3) is 0.625. The van der Waals surface area contributed by atoms with Gasteiger partial charge in [0.2, 0.25) is 11.8 Å². The number of carbonyl (C=O) groups excluding carboxylic acids is 2. The third kappa shape index (κ3) is 11.3. The lowest BCUT2D eigenvalue weighted by Gasteiger charge is -2.32.